The minimum absolute atomic E-state index is 0.162. The summed E-state index contributed by atoms with van der Waals surface area (Å²) in [5.41, 5.74) is 2.25. The van der Waals surface area contributed by atoms with E-state index in [0.717, 1.165) is 0 Å². The van der Waals surface area contributed by atoms with Gasteiger partial charge in [-0.1, -0.05) is 41.9 Å². The van der Waals surface area contributed by atoms with Crippen LogP contribution in [0.4, 0.5) is 0 Å². The van der Waals surface area contributed by atoms with Crippen LogP contribution in [0, 0.1) is 0 Å². The van der Waals surface area contributed by atoms with Crippen molar-refractivity contribution in [2.75, 3.05) is 0 Å². The molecule has 0 saturated heterocycles. The van der Waals surface area contributed by atoms with Crippen molar-refractivity contribution in [1.29, 1.82) is 0 Å². The highest BCUT2D eigenvalue weighted by atomic mass is 35.5. The van der Waals surface area contributed by atoms with Gasteiger partial charge in [0.1, 0.15) is 5.69 Å². The molecule has 2 heterocycles. The third-order valence-electron chi connectivity index (χ3n) is 5.04. The van der Waals surface area contributed by atoms with Crippen molar-refractivity contribution < 1.29 is 14.4 Å². The Morgan fingerprint density at radius 1 is 0.786 bits per heavy atom. The molecule has 134 valence electrons. The quantitative estimate of drug-likeness (QED) is 0.417. The largest absolute Gasteiger partial charge is 0.312 e. The highest BCUT2D eigenvalue weighted by Gasteiger charge is 2.37. The normalized spacial score (nSPS) is 12.8. The van der Waals surface area contributed by atoms with E-state index in [1.165, 1.54) is 0 Å². The standard InChI is InChI=1S/C23H12ClNO3/c24-14-10-8-13(9-11-14)21(26)18-17-7-3-4-12-25(17)20-19(18)22(27)15-5-1-2-6-16(15)23(20)28/h1-12H. The number of aromatic nitrogens is 1. The van der Waals surface area contributed by atoms with Crippen molar-refractivity contribution in [2.45, 2.75) is 0 Å². The molecule has 1 aliphatic rings. The fraction of sp³-hybridized carbons (Fsp3) is 0. The van der Waals surface area contributed by atoms with Gasteiger partial charge >= 0.3 is 0 Å². The van der Waals surface area contributed by atoms with E-state index in [2.05, 4.69) is 0 Å². The van der Waals surface area contributed by atoms with Crippen LogP contribution in [0.25, 0.3) is 5.52 Å². The van der Waals surface area contributed by atoms with Gasteiger partial charge in [0.05, 0.1) is 16.6 Å². The number of benzene rings is 2. The van der Waals surface area contributed by atoms with E-state index in [9.17, 15) is 14.4 Å². The van der Waals surface area contributed by atoms with Crippen LogP contribution in [0.1, 0.15) is 47.9 Å². The van der Waals surface area contributed by atoms with Crippen molar-refractivity contribution >= 4 is 34.5 Å². The Balaban J connectivity index is 1.85. The second kappa shape index (κ2) is 6.01. The highest BCUT2D eigenvalue weighted by Crippen LogP contribution is 2.34. The van der Waals surface area contributed by atoms with Gasteiger partial charge in [-0.15, -0.1) is 0 Å². The number of carbonyl (C=O) groups excluding carboxylic acids is 3. The summed E-state index contributed by atoms with van der Waals surface area (Å²) in [5, 5.41) is 0.514. The summed E-state index contributed by atoms with van der Waals surface area (Å²) in [6.45, 7) is 0. The summed E-state index contributed by atoms with van der Waals surface area (Å²) in [7, 11) is 0. The van der Waals surface area contributed by atoms with E-state index in [1.807, 2.05) is 0 Å². The van der Waals surface area contributed by atoms with Gasteiger partial charge < -0.3 is 4.40 Å². The Kier molecular flexibility index (Phi) is 3.57. The first kappa shape index (κ1) is 16.7. The van der Waals surface area contributed by atoms with Crippen LogP contribution >= 0.6 is 11.6 Å². The fourth-order valence-corrected chi connectivity index (χ4v) is 3.90. The Bertz CT molecular complexity index is 1320. The molecular formula is C23H12ClNO3. The monoisotopic (exact) mass is 385 g/mol. The number of hydrogen-bond donors (Lipinski definition) is 0. The Morgan fingerprint density at radius 3 is 2.14 bits per heavy atom. The molecule has 0 saturated carbocycles. The Morgan fingerprint density at radius 2 is 1.43 bits per heavy atom. The zero-order valence-corrected chi connectivity index (χ0v) is 15.2. The molecule has 1 aliphatic carbocycles. The molecule has 5 heteroatoms. The molecule has 0 atom stereocenters. The van der Waals surface area contributed by atoms with Crippen molar-refractivity contribution in [3.8, 4) is 0 Å². The van der Waals surface area contributed by atoms with E-state index in [-0.39, 0.29) is 34.2 Å². The number of pyridine rings is 1. The Hall–Kier alpha value is -3.50. The maximum atomic E-state index is 13.3. The van der Waals surface area contributed by atoms with Gasteiger partial charge in [0.15, 0.2) is 11.6 Å². The zero-order valence-electron chi connectivity index (χ0n) is 14.5. The van der Waals surface area contributed by atoms with Crippen molar-refractivity contribution in [3.63, 3.8) is 0 Å². The maximum absolute atomic E-state index is 13.3. The maximum Gasteiger partial charge on any atom is 0.211 e. The second-order valence-corrected chi connectivity index (χ2v) is 7.03. The summed E-state index contributed by atoms with van der Waals surface area (Å²) < 4.78 is 1.63. The van der Waals surface area contributed by atoms with Gasteiger partial charge in [-0.2, -0.15) is 0 Å². The minimum Gasteiger partial charge on any atom is -0.312 e. The van der Waals surface area contributed by atoms with Crippen LogP contribution in [-0.2, 0) is 0 Å². The first-order valence-electron chi connectivity index (χ1n) is 8.69. The van der Waals surface area contributed by atoms with Crippen LogP contribution in [0.3, 0.4) is 0 Å². The summed E-state index contributed by atoms with van der Waals surface area (Å²) >= 11 is 5.94. The summed E-state index contributed by atoms with van der Waals surface area (Å²) in [6, 6.07) is 18.5. The van der Waals surface area contributed by atoms with Gasteiger partial charge in [-0.25, -0.2) is 0 Å². The number of fused-ring (bicyclic) bond motifs is 4. The first-order chi connectivity index (χ1) is 13.6. The van der Waals surface area contributed by atoms with Gasteiger partial charge in [-0.05, 0) is 36.4 Å². The molecule has 0 amide bonds. The first-order valence-corrected chi connectivity index (χ1v) is 9.07. The second-order valence-electron chi connectivity index (χ2n) is 6.59. The van der Waals surface area contributed by atoms with Crippen LogP contribution in [0.5, 0.6) is 0 Å². The van der Waals surface area contributed by atoms with E-state index < -0.39 is 0 Å². The molecule has 0 aliphatic heterocycles. The highest BCUT2D eigenvalue weighted by molar-refractivity contribution is 6.34. The molecule has 0 unspecified atom stereocenters. The molecule has 2 aromatic carbocycles. The number of hydrogen-bond acceptors (Lipinski definition) is 3. The summed E-state index contributed by atoms with van der Waals surface area (Å²) in [5.74, 6) is -0.894. The fourth-order valence-electron chi connectivity index (χ4n) is 3.77. The molecule has 4 nitrogen and oxygen atoms in total. The topological polar surface area (TPSA) is 55.6 Å². The van der Waals surface area contributed by atoms with Crippen LogP contribution in [-0.4, -0.2) is 21.8 Å². The van der Waals surface area contributed by atoms with E-state index in [0.29, 0.717) is 27.2 Å². The summed E-state index contributed by atoms with van der Waals surface area (Å²) in [6.07, 6.45) is 1.70. The average Bonchev–Trinajstić information content (AvgIpc) is 3.08. The molecule has 0 spiro atoms. The van der Waals surface area contributed by atoms with Gasteiger partial charge in [0.2, 0.25) is 5.78 Å². The third kappa shape index (κ3) is 2.22. The van der Waals surface area contributed by atoms with Gasteiger partial charge in [0.25, 0.3) is 0 Å². The average molecular weight is 386 g/mol. The minimum atomic E-state index is -0.317. The number of ketones is 3. The SMILES string of the molecule is O=C1c2ccccc2C(=O)c2c1c(C(=O)c1ccc(Cl)cc1)c1ccccn21. The lowest BCUT2D eigenvalue weighted by Gasteiger charge is -2.15. The van der Waals surface area contributed by atoms with Crippen molar-refractivity contribution in [3.05, 3.63) is 111 Å². The lowest BCUT2D eigenvalue weighted by atomic mass is 9.85. The molecule has 2 aromatic heterocycles. The number of nitrogens with zero attached hydrogens (tertiary/aromatic N) is 1. The molecule has 0 fully saturated rings. The van der Waals surface area contributed by atoms with Gasteiger partial charge in [0, 0.05) is 27.9 Å². The molecule has 0 N–H and O–H groups in total. The van der Waals surface area contributed by atoms with Gasteiger partial charge in [-0.3, -0.25) is 14.4 Å². The molecule has 5 rings (SSSR count). The van der Waals surface area contributed by atoms with Crippen molar-refractivity contribution in [1.82, 2.24) is 4.40 Å². The predicted molar refractivity (Wildman–Crippen MR) is 106 cm³/mol. The molecule has 0 bridgehead atoms. The van der Waals surface area contributed by atoms with Crippen LogP contribution in [0.2, 0.25) is 5.02 Å². The van der Waals surface area contributed by atoms with Crippen LogP contribution < -0.4 is 0 Å². The smallest absolute Gasteiger partial charge is 0.211 e. The number of carbonyl (C=O) groups is 3. The lowest BCUT2D eigenvalue weighted by molar-refractivity contribution is 0.0970. The summed E-state index contributed by atoms with van der Waals surface area (Å²) in [4.78, 5) is 39.8. The van der Waals surface area contributed by atoms with E-state index >= 15 is 0 Å². The Labute approximate surface area is 165 Å². The molecule has 4 aromatic rings. The van der Waals surface area contributed by atoms with Crippen molar-refractivity contribution in [2.24, 2.45) is 0 Å². The van der Waals surface area contributed by atoms with E-state index in [4.69, 9.17) is 11.6 Å². The predicted octanol–water partition coefficient (Wildman–Crippen LogP) is 4.60. The number of halogens is 1. The van der Waals surface area contributed by atoms with E-state index in [1.54, 1.807) is 77.3 Å². The molecular weight excluding hydrogens is 374 g/mol. The molecule has 0 radical (unpaired) electrons. The van der Waals surface area contributed by atoms with Crippen LogP contribution in [0.15, 0.2) is 72.9 Å². The number of rotatable bonds is 2. The molecule has 28 heavy (non-hydrogen) atoms. The third-order valence-corrected chi connectivity index (χ3v) is 5.29. The zero-order chi connectivity index (χ0) is 19.4. The lowest BCUT2D eigenvalue weighted by Crippen LogP contribution is -2.22.